The second-order valence-electron chi connectivity index (χ2n) is 6.24. The van der Waals surface area contributed by atoms with Gasteiger partial charge >= 0.3 is 0 Å². The predicted molar refractivity (Wildman–Crippen MR) is 113 cm³/mol. The van der Waals surface area contributed by atoms with E-state index in [9.17, 15) is 9.59 Å². The molecule has 0 heterocycles. The van der Waals surface area contributed by atoms with Gasteiger partial charge in [-0.15, -0.1) is 11.8 Å². The minimum absolute atomic E-state index is 0.115. The van der Waals surface area contributed by atoms with Gasteiger partial charge in [0.1, 0.15) is 5.75 Å². The Labute approximate surface area is 164 Å². The molecular formula is C21H26N2O3S. The van der Waals surface area contributed by atoms with Crippen LogP contribution in [0.4, 0.5) is 11.4 Å². The Morgan fingerprint density at radius 3 is 2.56 bits per heavy atom. The zero-order chi connectivity index (χ0) is 19.8. The molecule has 2 rings (SSSR count). The summed E-state index contributed by atoms with van der Waals surface area (Å²) in [6, 6.07) is 13.2. The Morgan fingerprint density at radius 1 is 1.07 bits per heavy atom. The molecule has 0 saturated heterocycles. The highest BCUT2D eigenvalue weighted by molar-refractivity contribution is 8.01. The lowest BCUT2D eigenvalue weighted by Gasteiger charge is -2.15. The highest BCUT2D eigenvalue weighted by Crippen LogP contribution is 2.24. The fourth-order valence-corrected chi connectivity index (χ4v) is 3.10. The second kappa shape index (κ2) is 10.0. The van der Waals surface area contributed by atoms with E-state index in [1.165, 1.54) is 11.8 Å². The fourth-order valence-electron chi connectivity index (χ4n) is 2.42. The number of carbonyl (C=O) groups is 2. The lowest BCUT2D eigenvalue weighted by molar-refractivity contribution is -0.115. The van der Waals surface area contributed by atoms with E-state index in [-0.39, 0.29) is 22.8 Å². The van der Waals surface area contributed by atoms with Gasteiger partial charge in [-0.05, 0) is 57.0 Å². The van der Waals surface area contributed by atoms with Crippen LogP contribution in [0.25, 0.3) is 0 Å². The van der Waals surface area contributed by atoms with Crippen LogP contribution in [0.3, 0.4) is 0 Å². The fraction of sp³-hybridized carbons (Fsp3) is 0.333. The number of benzene rings is 2. The normalized spacial score (nSPS) is 11.6. The van der Waals surface area contributed by atoms with Crippen molar-refractivity contribution >= 4 is 35.0 Å². The van der Waals surface area contributed by atoms with Crippen molar-refractivity contribution in [2.24, 2.45) is 0 Å². The first-order chi connectivity index (χ1) is 12.9. The van der Waals surface area contributed by atoms with Crippen LogP contribution in [0.2, 0.25) is 0 Å². The van der Waals surface area contributed by atoms with Crippen LogP contribution in [-0.2, 0) is 9.59 Å². The van der Waals surface area contributed by atoms with Crippen molar-refractivity contribution < 1.29 is 14.3 Å². The third-order valence-corrected chi connectivity index (χ3v) is 5.09. The summed E-state index contributed by atoms with van der Waals surface area (Å²) in [6.07, 6.45) is 0. The molecule has 144 valence electrons. The first kappa shape index (κ1) is 20.8. The molecule has 0 spiro atoms. The highest BCUT2D eigenvalue weighted by Gasteiger charge is 2.17. The van der Waals surface area contributed by atoms with Crippen LogP contribution in [0.15, 0.2) is 42.5 Å². The molecule has 0 saturated carbocycles. The van der Waals surface area contributed by atoms with Crippen molar-refractivity contribution in [1.82, 2.24) is 0 Å². The maximum atomic E-state index is 12.4. The van der Waals surface area contributed by atoms with Gasteiger partial charge in [0, 0.05) is 5.69 Å². The van der Waals surface area contributed by atoms with Crippen molar-refractivity contribution in [3.63, 3.8) is 0 Å². The number of thioether (sulfide) groups is 1. The Morgan fingerprint density at radius 2 is 1.81 bits per heavy atom. The first-order valence-corrected chi connectivity index (χ1v) is 9.97. The molecule has 2 N–H and O–H groups in total. The maximum absolute atomic E-state index is 12.4. The largest absolute Gasteiger partial charge is 0.492 e. The van der Waals surface area contributed by atoms with E-state index < -0.39 is 0 Å². The number of amides is 2. The monoisotopic (exact) mass is 386 g/mol. The van der Waals surface area contributed by atoms with Crippen molar-refractivity contribution in [1.29, 1.82) is 0 Å². The zero-order valence-corrected chi connectivity index (χ0v) is 17.0. The molecule has 0 aliphatic rings. The third-order valence-electron chi connectivity index (χ3n) is 3.95. The summed E-state index contributed by atoms with van der Waals surface area (Å²) < 4.78 is 5.50. The molecule has 0 bridgehead atoms. The summed E-state index contributed by atoms with van der Waals surface area (Å²) in [7, 11) is 0. The molecule has 0 radical (unpaired) electrons. The van der Waals surface area contributed by atoms with Crippen molar-refractivity contribution in [3.05, 3.63) is 53.6 Å². The Kier molecular flexibility index (Phi) is 7.73. The number of hydrogen-bond donors (Lipinski definition) is 2. The van der Waals surface area contributed by atoms with Gasteiger partial charge in [0.15, 0.2) is 0 Å². The molecule has 2 aromatic carbocycles. The summed E-state index contributed by atoms with van der Waals surface area (Å²) in [6.45, 7) is 8.16. The number of ether oxygens (including phenoxy) is 1. The smallest absolute Gasteiger partial charge is 0.237 e. The number of nitrogens with one attached hydrogen (secondary N) is 2. The number of rotatable bonds is 8. The van der Waals surface area contributed by atoms with Crippen LogP contribution in [0.1, 0.15) is 25.0 Å². The molecule has 5 nitrogen and oxygen atoms in total. The van der Waals surface area contributed by atoms with Gasteiger partial charge in [0.2, 0.25) is 11.8 Å². The second-order valence-corrected chi connectivity index (χ2v) is 7.57. The lowest BCUT2D eigenvalue weighted by Crippen LogP contribution is -2.25. The highest BCUT2D eigenvalue weighted by atomic mass is 32.2. The number of hydrogen-bond acceptors (Lipinski definition) is 4. The average molecular weight is 387 g/mol. The molecule has 0 aromatic heterocycles. The molecule has 0 aliphatic heterocycles. The minimum atomic E-state index is -0.349. The molecule has 2 amide bonds. The number of anilines is 2. The van der Waals surface area contributed by atoms with E-state index >= 15 is 0 Å². The van der Waals surface area contributed by atoms with Crippen molar-refractivity contribution in [3.8, 4) is 5.75 Å². The van der Waals surface area contributed by atoms with Gasteiger partial charge in [-0.2, -0.15) is 0 Å². The first-order valence-electron chi connectivity index (χ1n) is 8.92. The van der Waals surface area contributed by atoms with Crippen molar-refractivity contribution in [2.75, 3.05) is 23.0 Å². The maximum Gasteiger partial charge on any atom is 0.237 e. The number of carbonyl (C=O) groups excluding carboxylic acids is 2. The average Bonchev–Trinajstić information content (AvgIpc) is 2.64. The van der Waals surface area contributed by atoms with E-state index in [0.29, 0.717) is 18.0 Å². The number of aryl methyl sites for hydroxylation is 2. The van der Waals surface area contributed by atoms with Gasteiger partial charge < -0.3 is 15.4 Å². The van der Waals surface area contributed by atoms with Gasteiger partial charge in [-0.1, -0.05) is 24.3 Å². The quantitative estimate of drug-likeness (QED) is 0.706. The molecule has 6 heteroatoms. The standard InChI is InChI=1S/C21H26N2O3S/c1-5-26-19-9-7-6-8-17(19)22-20(24)13-27-16(4)21(25)23-18-12-14(2)10-11-15(18)3/h6-12,16H,5,13H2,1-4H3,(H,22,24)(H,23,25)/t16-/m1/s1. The molecule has 0 fully saturated rings. The van der Waals surface area contributed by atoms with Crippen LogP contribution in [-0.4, -0.2) is 29.4 Å². The van der Waals surface area contributed by atoms with Crippen molar-refractivity contribution in [2.45, 2.75) is 32.9 Å². The summed E-state index contributed by atoms with van der Waals surface area (Å²) in [4.78, 5) is 24.6. The number of para-hydroxylation sites is 2. The van der Waals surface area contributed by atoms with E-state index in [2.05, 4.69) is 10.6 Å². The summed E-state index contributed by atoms with van der Waals surface area (Å²) >= 11 is 1.30. The van der Waals surface area contributed by atoms with Crippen LogP contribution >= 0.6 is 11.8 Å². The van der Waals surface area contributed by atoms with E-state index in [1.54, 1.807) is 13.0 Å². The van der Waals surface area contributed by atoms with Gasteiger partial charge in [0.25, 0.3) is 0 Å². The van der Waals surface area contributed by atoms with Gasteiger partial charge in [-0.3, -0.25) is 9.59 Å². The van der Waals surface area contributed by atoms with E-state index in [1.807, 2.05) is 57.2 Å². The minimum Gasteiger partial charge on any atom is -0.492 e. The third kappa shape index (κ3) is 6.32. The zero-order valence-electron chi connectivity index (χ0n) is 16.2. The van der Waals surface area contributed by atoms with Crippen LogP contribution < -0.4 is 15.4 Å². The van der Waals surface area contributed by atoms with Gasteiger partial charge in [0.05, 0.1) is 23.3 Å². The summed E-state index contributed by atoms with van der Waals surface area (Å²) in [5.74, 6) is 0.538. The Bertz CT molecular complexity index is 808. The molecule has 2 aromatic rings. The van der Waals surface area contributed by atoms with Crippen LogP contribution in [0.5, 0.6) is 5.75 Å². The Hall–Kier alpha value is -2.47. The Balaban J connectivity index is 1.87. The van der Waals surface area contributed by atoms with Crippen LogP contribution in [0, 0.1) is 13.8 Å². The summed E-state index contributed by atoms with van der Waals surface area (Å²) in [5, 5.41) is 5.43. The molecular weight excluding hydrogens is 360 g/mol. The molecule has 27 heavy (non-hydrogen) atoms. The molecule has 0 unspecified atom stereocenters. The molecule has 0 aliphatic carbocycles. The SMILES string of the molecule is CCOc1ccccc1NC(=O)CS[C@H](C)C(=O)Nc1cc(C)ccc1C. The summed E-state index contributed by atoms with van der Waals surface area (Å²) in [5.41, 5.74) is 3.54. The van der Waals surface area contributed by atoms with Gasteiger partial charge in [-0.25, -0.2) is 0 Å². The lowest BCUT2D eigenvalue weighted by atomic mass is 10.1. The van der Waals surface area contributed by atoms with E-state index in [4.69, 9.17) is 4.74 Å². The van der Waals surface area contributed by atoms with E-state index in [0.717, 1.165) is 16.8 Å². The topological polar surface area (TPSA) is 67.4 Å². The predicted octanol–water partition coefficient (Wildman–Crippen LogP) is 4.40. The molecule has 1 atom stereocenters.